The smallest absolute Gasteiger partial charge is 0.238 e. The molecular weight excluding hydrogens is 811 g/mol. The summed E-state index contributed by atoms with van der Waals surface area (Å²) in [6.45, 7) is 0. The number of rotatable bonds is 7. The van der Waals surface area contributed by atoms with E-state index in [4.69, 9.17) is 15.0 Å². The second kappa shape index (κ2) is 15.3. The summed E-state index contributed by atoms with van der Waals surface area (Å²) in [7, 11) is 0. The molecule has 13 rings (SSSR count). The Kier molecular flexibility index (Phi) is 8.84. The fourth-order valence-electron chi connectivity index (χ4n) is 9.99. The zero-order valence-corrected chi connectivity index (χ0v) is 36.0. The van der Waals surface area contributed by atoms with Gasteiger partial charge in [0, 0.05) is 38.4 Å². The highest BCUT2D eigenvalue weighted by molar-refractivity contribution is 8.00. The van der Waals surface area contributed by atoms with Gasteiger partial charge in [0.05, 0.1) is 11.0 Å². The van der Waals surface area contributed by atoms with Crippen molar-refractivity contribution in [3.05, 3.63) is 241 Å². The SMILES string of the molecule is c1ccc(-c2ccc(-c3ccc(C4Nc5cccc(C6c7ccccc7-c7ccc8c9ccccc9n(-c9nc(-c%10ccccc%10)nc(-c%10ccccc%10)n9)c8c76)c5S4)cc3)cc2)cc1. The molecule has 3 heterocycles. The maximum Gasteiger partial charge on any atom is 0.238 e. The van der Waals surface area contributed by atoms with E-state index < -0.39 is 0 Å². The normalized spacial score (nSPS) is 14.8. The summed E-state index contributed by atoms with van der Waals surface area (Å²) in [5.41, 5.74) is 17.7. The first kappa shape index (κ1) is 37.5. The van der Waals surface area contributed by atoms with Crippen LogP contribution in [-0.4, -0.2) is 19.5 Å². The lowest BCUT2D eigenvalue weighted by Crippen LogP contribution is -2.09. The highest BCUT2D eigenvalue weighted by Gasteiger charge is 2.37. The first-order valence-electron chi connectivity index (χ1n) is 22.1. The third-order valence-corrected chi connectivity index (χ3v) is 14.3. The molecule has 1 aliphatic heterocycles. The molecule has 2 atom stereocenters. The van der Waals surface area contributed by atoms with E-state index in [0.29, 0.717) is 17.6 Å². The average Bonchev–Trinajstić information content (AvgIpc) is 4.08. The minimum atomic E-state index is -0.0405. The van der Waals surface area contributed by atoms with Gasteiger partial charge >= 0.3 is 0 Å². The molecular formula is C59H39N5S. The summed E-state index contributed by atoms with van der Waals surface area (Å²) in [6, 6.07) is 78.0. The maximum absolute atomic E-state index is 5.31. The van der Waals surface area contributed by atoms with Gasteiger partial charge in [-0.3, -0.25) is 4.57 Å². The number of fused-ring (bicyclic) bond motifs is 8. The van der Waals surface area contributed by atoms with E-state index in [1.54, 1.807) is 0 Å². The lowest BCUT2D eigenvalue weighted by Gasteiger charge is -2.20. The predicted octanol–water partition coefficient (Wildman–Crippen LogP) is 15.0. The second-order valence-corrected chi connectivity index (χ2v) is 17.9. The van der Waals surface area contributed by atoms with Crippen molar-refractivity contribution >= 4 is 39.3 Å². The van der Waals surface area contributed by atoms with Crippen molar-refractivity contribution in [1.29, 1.82) is 0 Å². The number of aromatic nitrogens is 4. The van der Waals surface area contributed by atoms with E-state index in [9.17, 15) is 0 Å². The number of thioether (sulfide) groups is 1. The third kappa shape index (κ3) is 6.28. The Labute approximate surface area is 381 Å². The molecule has 9 aromatic carbocycles. The van der Waals surface area contributed by atoms with Gasteiger partial charge in [-0.25, -0.2) is 4.98 Å². The fourth-order valence-corrected chi connectivity index (χ4v) is 11.3. The molecule has 2 aliphatic rings. The first-order valence-corrected chi connectivity index (χ1v) is 23.0. The molecule has 11 aromatic rings. The highest BCUT2D eigenvalue weighted by atomic mass is 32.2. The summed E-state index contributed by atoms with van der Waals surface area (Å²) in [4.78, 5) is 17.0. The Morgan fingerprint density at radius 1 is 0.415 bits per heavy atom. The van der Waals surface area contributed by atoms with E-state index in [2.05, 4.69) is 192 Å². The average molecular weight is 850 g/mol. The minimum absolute atomic E-state index is 0.0405. The van der Waals surface area contributed by atoms with Crippen molar-refractivity contribution in [2.45, 2.75) is 16.2 Å². The largest absolute Gasteiger partial charge is 0.368 e. The number of hydrogen-bond donors (Lipinski definition) is 1. The van der Waals surface area contributed by atoms with Gasteiger partial charge in [-0.2, -0.15) is 9.97 Å². The highest BCUT2D eigenvalue weighted by Crippen LogP contribution is 2.57. The van der Waals surface area contributed by atoms with Crippen LogP contribution in [0.25, 0.3) is 83.9 Å². The van der Waals surface area contributed by atoms with Crippen LogP contribution in [0.2, 0.25) is 0 Å². The van der Waals surface area contributed by atoms with Gasteiger partial charge in [0.2, 0.25) is 5.95 Å². The standard InChI is InChI=1S/C59H39N5S/c1-4-15-37(16-5-1)38-27-29-39(30-28-38)40-31-33-43(34-32-40)58-60-50-25-14-24-49(55(50)65-58)52-46-23-11-10-21-44(46)47-35-36-48-45-22-12-13-26-51(45)64(54(48)53(47)52)59-62-56(41-17-6-2-7-18-41)61-57(63-59)42-19-8-3-9-20-42/h1-36,52,58,60H. The van der Waals surface area contributed by atoms with Crippen LogP contribution < -0.4 is 5.32 Å². The Hall–Kier alpha value is -8.06. The van der Waals surface area contributed by atoms with Crippen LogP contribution >= 0.6 is 11.8 Å². The summed E-state index contributed by atoms with van der Waals surface area (Å²) >= 11 is 1.91. The molecule has 2 unspecified atom stereocenters. The lowest BCUT2D eigenvalue weighted by atomic mass is 9.88. The molecule has 65 heavy (non-hydrogen) atoms. The molecule has 2 aromatic heterocycles. The first-order chi connectivity index (χ1) is 32.2. The molecule has 0 saturated heterocycles. The molecule has 0 radical (unpaired) electrons. The molecule has 0 spiro atoms. The molecule has 0 fully saturated rings. The van der Waals surface area contributed by atoms with Crippen molar-refractivity contribution in [2.75, 3.05) is 5.32 Å². The Morgan fingerprint density at radius 2 is 0.969 bits per heavy atom. The summed E-state index contributed by atoms with van der Waals surface area (Å²) in [5, 5.41) is 6.32. The minimum Gasteiger partial charge on any atom is -0.368 e. The molecule has 0 bridgehead atoms. The quantitative estimate of drug-likeness (QED) is 0.173. The van der Waals surface area contributed by atoms with Crippen LogP contribution in [-0.2, 0) is 0 Å². The third-order valence-electron chi connectivity index (χ3n) is 13.0. The second-order valence-electron chi connectivity index (χ2n) is 16.7. The van der Waals surface area contributed by atoms with Crippen molar-refractivity contribution in [3.63, 3.8) is 0 Å². The predicted molar refractivity (Wildman–Crippen MR) is 267 cm³/mol. The number of para-hydroxylation sites is 1. The van der Waals surface area contributed by atoms with E-state index >= 15 is 0 Å². The van der Waals surface area contributed by atoms with Gasteiger partial charge in [0.1, 0.15) is 5.37 Å². The van der Waals surface area contributed by atoms with E-state index in [1.165, 1.54) is 65.9 Å². The number of nitrogens with zero attached hydrogens (tertiary/aromatic N) is 4. The van der Waals surface area contributed by atoms with E-state index in [0.717, 1.165) is 33.2 Å². The van der Waals surface area contributed by atoms with Crippen LogP contribution in [0.1, 0.15) is 33.5 Å². The van der Waals surface area contributed by atoms with E-state index in [-0.39, 0.29) is 11.3 Å². The van der Waals surface area contributed by atoms with Crippen LogP contribution in [0.3, 0.4) is 0 Å². The topological polar surface area (TPSA) is 55.6 Å². The van der Waals surface area contributed by atoms with Gasteiger partial charge in [-0.05, 0) is 67.8 Å². The molecule has 0 saturated carbocycles. The molecule has 5 nitrogen and oxygen atoms in total. The molecule has 6 heteroatoms. The molecule has 1 aliphatic carbocycles. The number of hydrogen-bond acceptors (Lipinski definition) is 5. The Bertz CT molecular complexity index is 3530. The zero-order chi connectivity index (χ0) is 42.8. The van der Waals surface area contributed by atoms with Gasteiger partial charge in [0.15, 0.2) is 11.6 Å². The zero-order valence-electron chi connectivity index (χ0n) is 35.1. The Morgan fingerprint density at radius 3 is 1.65 bits per heavy atom. The van der Waals surface area contributed by atoms with Gasteiger partial charge in [-0.1, -0.05) is 218 Å². The van der Waals surface area contributed by atoms with Crippen molar-refractivity contribution in [2.24, 2.45) is 0 Å². The van der Waals surface area contributed by atoms with Crippen LogP contribution in [0, 0.1) is 0 Å². The van der Waals surface area contributed by atoms with Crippen molar-refractivity contribution in [3.8, 4) is 62.1 Å². The molecule has 0 amide bonds. The number of anilines is 1. The maximum atomic E-state index is 5.31. The van der Waals surface area contributed by atoms with Gasteiger partial charge < -0.3 is 5.32 Å². The van der Waals surface area contributed by atoms with Crippen molar-refractivity contribution in [1.82, 2.24) is 19.5 Å². The van der Waals surface area contributed by atoms with Crippen molar-refractivity contribution < 1.29 is 0 Å². The molecule has 306 valence electrons. The number of benzene rings is 9. The monoisotopic (exact) mass is 849 g/mol. The van der Waals surface area contributed by atoms with Gasteiger partial charge in [0.25, 0.3) is 0 Å². The lowest BCUT2D eigenvalue weighted by molar-refractivity contribution is 0.935. The number of nitrogens with one attached hydrogen (secondary N) is 1. The summed E-state index contributed by atoms with van der Waals surface area (Å²) in [5.74, 6) is 1.82. The fraction of sp³-hybridized carbons (Fsp3) is 0.0339. The van der Waals surface area contributed by atoms with Crippen LogP contribution in [0.4, 0.5) is 5.69 Å². The van der Waals surface area contributed by atoms with Gasteiger partial charge in [-0.15, -0.1) is 0 Å². The molecule has 1 N–H and O–H groups in total. The summed E-state index contributed by atoms with van der Waals surface area (Å²) in [6.07, 6.45) is 0. The van der Waals surface area contributed by atoms with E-state index in [1.807, 2.05) is 48.2 Å². The summed E-state index contributed by atoms with van der Waals surface area (Å²) < 4.78 is 2.30. The van der Waals surface area contributed by atoms with Crippen LogP contribution in [0.15, 0.2) is 223 Å². The Balaban J connectivity index is 0.940. The van der Waals surface area contributed by atoms with Crippen LogP contribution in [0.5, 0.6) is 0 Å².